The first kappa shape index (κ1) is 19.2. The van der Waals surface area contributed by atoms with Crippen molar-refractivity contribution in [1.82, 2.24) is 4.98 Å². The number of halogens is 2. The minimum atomic E-state index is -0.298. The van der Waals surface area contributed by atoms with Crippen LogP contribution in [-0.2, 0) is 11.2 Å². The molecule has 1 aliphatic rings. The molecule has 4 rings (SSSR count). The van der Waals surface area contributed by atoms with Gasteiger partial charge in [0.05, 0.1) is 11.9 Å². The fourth-order valence-corrected chi connectivity index (χ4v) is 3.27. The van der Waals surface area contributed by atoms with Crippen LogP contribution in [0.5, 0.6) is 17.4 Å². The number of nitrogens with zero attached hydrogens (tertiary/aromatic N) is 1. The van der Waals surface area contributed by atoms with E-state index in [0.29, 0.717) is 17.3 Å². The lowest BCUT2D eigenvalue weighted by molar-refractivity contribution is -0.113. The van der Waals surface area contributed by atoms with E-state index in [1.807, 2.05) is 18.2 Å². The average Bonchev–Trinajstić information content (AvgIpc) is 2.74. The van der Waals surface area contributed by atoms with Crippen LogP contribution in [0.1, 0.15) is 23.7 Å². The number of aryl methyl sites for hydroxylation is 1. The number of alkyl halides is 1. The fraction of sp³-hybridized carbons (Fsp3) is 0.182. The Morgan fingerprint density at radius 1 is 1.24 bits per heavy atom. The van der Waals surface area contributed by atoms with E-state index in [0.717, 1.165) is 29.7 Å². The molecule has 1 aromatic heterocycles. The van der Waals surface area contributed by atoms with E-state index in [-0.39, 0.29) is 23.7 Å². The summed E-state index contributed by atoms with van der Waals surface area (Å²) < 4.78 is 25.3. The minimum Gasteiger partial charge on any atom is -0.485 e. The third kappa shape index (κ3) is 4.66. The summed E-state index contributed by atoms with van der Waals surface area (Å²) in [7, 11) is 0. The normalized spacial score (nSPS) is 15.2. The molecule has 0 bridgehead atoms. The van der Waals surface area contributed by atoms with E-state index in [1.165, 1.54) is 18.3 Å². The van der Waals surface area contributed by atoms with Crippen LogP contribution in [0.2, 0.25) is 0 Å². The van der Waals surface area contributed by atoms with Crippen LogP contribution < -0.4 is 14.8 Å². The molecule has 5 nitrogen and oxygen atoms in total. The molecule has 0 aliphatic carbocycles. The van der Waals surface area contributed by atoms with E-state index in [4.69, 9.17) is 21.1 Å². The van der Waals surface area contributed by atoms with Gasteiger partial charge in [0.15, 0.2) is 0 Å². The van der Waals surface area contributed by atoms with Crippen molar-refractivity contribution < 1.29 is 18.7 Å². The third-order valence-electron chi connectivity index (χ3n) is 4.56. The van der Waals surface area contributed by atoms with Crippen molar-refractivity contribution in [2.45, 2.75) is 18.9 Å². The van der Waals surface area contributed by atoms with E-state index in [1.54, 1.807) is 24.3 Å². The maximum absolute atomic E-state index is 13.5. The summed E-state index contributed by atoms with van der Waals surface area (Å²) in [5, 5.41) is 2.62. The van der Waals surface area contributed by atoms with Gasteiger partial charge in [-0.05, 0) is 60.4 Å². The summed E-state index contributed by atoms with van der Waals surface area (Å²) in [6, 6.07) is 15.4. The van der Waals surface area contributed by atoms with Crippen molar-refractivity contribution in [3.63, 3.8) is 0 Å². The van der Waals surface area contributed by atoms with Gasteiger partial charge < -0.3 is 14.8 Å². The highest BCUT2D eigenvalue weighted by Gasteiger charge is 2.22. The number of nitrogens with one attached hydrogen (secondary N) is 1. The van der Waals surface area contributed by atoms with Crippen LogP contribution >= 0.6 is 11.6 Å². The molecule has 1 unspecified atom stereocenters. The number of carbonyl (C=O) groups excluding carboxylic acids is 1. The molecule has 0 saturated carbocycles. The van der Waals surface area contributed by atoms with E-state index in [9.17, 15) is 9.18 Å². The Bertz CT molecular complexity index is 1030. The topological polar surface area (TPSA) is 60.5 Å². The number of hydrogen-bond acceptors (Lipinski definition) is 4. The summed E-state index contributed by atoms with van der Waals surface area (Å²) in [5.41, 5.74) is 2.41. The van der Waals surface area contributed by atoms with Crippen LogP contribution in [0, 0.1) is 5.82 Å². The van der Waals surface area contributed by atoms with Crippen molar-refractivity contribution >= 4 is 23.2 Å². The molecule has 1 N–H and O–H groups in total. The summed E-state index contributed by atoms with van der Waals surface area (Å²) in [5.74, 6) is 1.14. The standard InChI is InChI=1S/C22H18ClFN2O3/c23-12-21(27)26-17-5-9-22(25-13-17)28-18-6-8-20-15(11-18)4-7-19(29-20)14-2-1-3-16(24)10-14/h1-3,5-6,8-11,13,19H,4,7,12H2,(H,26,27). The van der Waals surface area contributed by atoms with Gasteiger partial charge in [-0.3, -0.25) is 4.79 Å². The summed E-state index contributed by atoms with van der Waals surface area (Å²) >= 11 is 5.47. The molecule has 3 aromatic rings. The van der Waals surface area contributed by atoms with Gasteiger partial charge in [-0.25, -0.2) is 9.37 Å². The predicted molar refractivity (Wildman–Crippen MR) is 108 cm³/mol. The zero-order chi connectivity index (χ0) is 20.2. The molecule has 148 valence electrons. The van der Waals surface area contributed by atoms with Crippen molar-refractivity contribution in [1.29, 1.82) is 0 Å². The number of benzene rings is 2. The Kier molecular flexibility index (Phi) is 5.62. The van der Waals surface area contributed by atoms with Crippen LogP contribution in [0.4, 0.5) is 10.1 Å². The van der Waals surface area contributed by atoms with Gasteiger partial charge in [-0.2, -0.15) is 0 Å². The van der Waals surface area contributed by atoms with Crippen LogP contribution in [0.15, 0.2) is 60.8 Å². The van der Waals surface area contributed by atoms with Gasteiger partial charge >= 0.3 is 0 Å². The number of carbonyl (C=O) groups is 1. The Morgan fingerprint density at radius 3 is 2.90 bits per heavy atom. The van der Waals surface area contributed by atoms with Gasteiger partial charge in [0, 0.05) is 6.07 Å². The van der Waals surface area contributed by atoms with Crippen LogP contribution in [-0.4, -0.2) is 16.8 Å². The molecule has 1 atom stereocenters. The maximum atomic E-state index is 13.5. The predicted octanol–water partition coefficient (Wildman–Crippen LogP) is 5.26. The van der Waals surface area contributed by atoms with Gasteiger partial charge in [0.25, 0.3) is 0 Å². The molecule has 0 radical (unpaired) electrons. The highest BCUT2D eigenvalue weighted by atomic mass is 35.5. The van der Waals surface area contributed by atoms with Crippen LogP contribution in [0.25, 0.3) is 0 Å². The van der Waals surface area contributed by atoms with Gasteiger partial charge in [-0.1, -0.05) is 12.1 Å². The second-order valence-corrected chi connectivity index (χ2v) is 6.91. The Balaban J connectivity index is 1.43. The number of pyridine rings is 1. The monoisotopic (exact) mass is 412 g/mol. The molecular weight excluding hydrogens is 395 g/mol. The van der Waals surface area contributed by atoms with Gasteiger partial charge in [0.1, 0.15) is 29.3 Å². The third-order valence-corrected chi connectivity index (χ3v) is 4.80. The molecule has 0 saturated heterocycles. The highest BCUT2D eigenvalue weighted by molar-refractivity contribution is 6.29. The molecule has 7 heteroatoms. The number of fused-ring (bicyclic) bond motifs is 1. The quantitative estimate of drug-likeness (QED) is 0.581. The Morgan fingerprint density at radius 2 is 2.14 bits per heavy atom. The number of ether oxygens (including phenoxy) is 2. The number of hydrogen-bond donors (Lipinski definition) is 1. The first-order chi connectivity index (χ1) is 14.1. The van der Waals surface area contributed by atoms with Crippen molar-refractivity contribution in [3.8, 4) is 17.4 Å². The zero-order valence-electron chi connectivity index (χ0n) is 15.4. The first-order valence-electron chi connectivity index (χ1n) is 9.15. The lowest BCUT2D eigenvalue weighted by atomic mass is 9.97. The molecular formula is C22H18ClFN2O3. The first-order valence-corrected chi connectivity index (χ1v) is 9.69. The zero-order valence-corrected chi connectivity index (χ0v) is 16.2. The molecule has 2 aromatic carbocycles. The molecule has 0 spiro atoms. The van der Waals surface area contributed by atoms with E-state index >= 15 is 0 Å². The smallest absolute Gasteiger partial charge is 0.239 e. The lowest BCUT2D eigenvalue weighted by Crippen LogP contribution is -2.15. The maximum Gasteiger partial charge on any atom is 0.239 e. The second kappa shape index (κ2) is 8.49. The Hall–Kier alpha value is -3.12. The molecule has 1 amide bonds. The summed E-state index contributed by atoms with van der Waals surface area (Å²) in [4.78, 5) is 15.5. The molecule has 29 heavy (non-hydrogen) atoms. The van der Waals surface area contributed by atoms with Crippen molar-refractivity contribution in [2.75, 3.05) is 11.2 Å². The number of aromatic nitrogens is 1. The largest absolute Gasteiger partial charge is 0.485 e. The lowest BCUT2D eigenvalue weighted by Gasteiger charge is -2.26. The number of amides is 1. The Labute approximate surface area is 172 Å². The summed E-state index contributed by atoms with van der Waals surface area (Å²) in [6.45, 7) is 0. The fourth-order valence-electron chi connectivity index (χ4n) is 3.20. The number of anilines is 1. The van der Waals surface area contributed by atoms with Crippen LogP contribution in [0.3, 0.4) is 0 Å². The van der Waals surface area contributed by atoms with Crippen molar-refractivity contribution in [3.05, 3.63) is 77.7 Å². The van der Waals surface area contributed by atoms with E-state index < -0.39 is 0 Å². The SMILES string of the molecule is O=C(CCl)Nc1ccc(Oc2ccc3c(c2)CCC(c2cccc(F)c2)O3)nc1. The second-order valence-electron chi connectivity index (χ2n) is 6.64. The minimum absolute atomic E-state index is 0.116. The molecule has 1 aliphatic heterocycles. The highest BCUT2D eigenvalue weighted by Crippen LogP contribution is 2.37. The number of rotatable bonds is 5. The van der Waals surface area contributed by atoms with Gasteiger partial charge in [0.2, 0.25) is 11.8 Å². The summed E-state index contributed by atoms with van der Waals surface area (Å²) in [6.07, 6.45) is 2.89. The molecule has 2 heterocycles. The molecule has 0 fully saturated rings. The average molecular weight is 413 g/mol. The van der Waals surface area contributed by atoms with Gasteiger partial charge in [-0.15, -0.1) is 11.6 Å². The van der Waals surface area contributed by atoms with Crippen molar-refractivity contribution in [2.24, 2.45) is 0 Å². The van der Waals surface area contributed by atoms with E-state index in [2.05, 4.69) is 10.3 Å².